The molecule has 0 saturated carbocycles. The number of para-hydroxylation sites is 1. The number of halogens is 3. The standard InChI is InChI=1S/C15H9F3N4O2/c16-15(17,18)9-3-1-4-10(7-9)21-14-11-5-2-6-12(22(23)24)13(11)19-8-20-14/h1-8H,(H,19,20,21). The SMILES string of the molecule is O=[N+]([O-])c1cccc2c(Nc3cccc(C(F)(F)F)c3)ncnc12. The summed E-state index contributed by atoms with van der Waals surface area (Å²) < 4.78 is 38.3. The molecule has 0 bridgehead atoms. The van der Waals surface area contributed by atoms with Crippen LogP contribution in [0.15, 0.2) is 48.8 Å². The number of hydrogen-bond donors (Lipinski definition) is 1. The number of alkyl halides is 3. The maximum Gasteiger partial charge on any atom is 0.416 e. The van der Waals surface area contributed by atoms with Crippen molar-refractivity contribution in [1.82, 2.24) is 9.97 Å². The summed E-state index contributed by atoms with van der Waals surface area (Å²) in [7, 11) is 0. The minimum absolute atomic E-state index is 0.104. The Hall–Kier alpha value is -3.23. The van der Waals surface area contributed by atoms with Gasteiger partial charge in [0.1, 0.15) is 12.1 Å². The Balaban J connectivity index is 2.06. The molecule has 0 aliphatic carbocycles. The average Bonchev–Trinajstić information content (AvgIpc) is 2.54. The molecule has 0 aliphatic heterocycles. The largest absolute Gasteiger partial charge is 0.416 e. The highest BCUT2D eigenvalue weighted by atomic mass is 19.4. The zero-order valence-electron chi connectivity index (χ0n) is 11.9. The number of anilines is 2. The Kier molecular flexibility index (Phi) is 3.76. The highest BCUT2D eigenvalue weighted by Gasteiger charge is 2.30. The summed E-state index contributed by atoms with van der Waals surface area (Å²) >= 11 is 0. The van der Waals surface area contributed by atoms with Crippen LogP contribution in [-0.2, 0) is 6.18 Å². The van der Waals surface area contributed by atoms with Gasteiger partial charge in [-0.1, -0.05) is 12.1 Å². The van der Waals surface area contributed by atoms with Crippen molar-refractivity contribution in [2.24, 2.45) is 0 Å². The normalized spacial score (nSPS) is 11.5. The van der Waals surface area contributed by atoms with Crippen molar-refractivity contribution in [3.63, 3.8) is 0 Å². The van der Waals surface area contributed by atoms with E-state index in [-0.39, 0.29) is 22.7 Å². The lowest BCUT2D eigenvalue weighted by Gasteiger charge is -2.11. The van der Waals surface area contributed by atoms with Crippen molar-refractivity contribution in [3.05, 3.63) is 64.5 Å². The van der Waals surface area contributed by atoms with Gasteiger partial charge in [-0.3, -0.25) is 10.1 Å². The number of rotatable bonds is 3. The molecule has 0 spiro atoms. The third-order valence-corrected chi connectivity index (χ3v) is 3.29. The predicted molar refractivity (Wildman–Crippen MR) is 80.9 cm³/mol. The van der Waals surface area contributed by atoms with Crippen molar-refractivity contribution in [1.29, 1.82) is 0 Å². The van der Waals surface area contributed by atoms with E-state index in [1.54, 1.807) is 6.07 Å². The molecule has 0 atom stereocenters. The van der Waals surface area contributed by atoms with Crippen LogP contribution < -0.4 is 5.32 Å². The van der Waals surface area contributed by atoms with Gasteiger partial charge in [-0.25, -0.2) is 9.97 Å². The summed E-state index contributed by atoms with van der Waals surface area (Å²) in [4.78, 5) is 18.3. The second-order valence-electron chi connectivity index (χ2n) is 4.86. The van der Waals surface area contributed by atoms with Crippen LogP contribution in [0.3, 0.4) is 0 Å². The molecule has 24 heavy (non-hydrogen) atoms. The molecule has 1 N–H and O–H groups in total. The van der Waals surface area contributed by atoms with Gasteiger partial charge in [0.2, 0.25) is 0 Å². The smallest absolute Gasteiger partial charge is 0.340 e. The molecule has 0 radical (unpaired) electrons. The van der Waals surface area contributed by atoms with Crippen molar-refractivity contribution in [3.8, 4) is 0 Å². The maximum atomic E-state index is 12.8. The number of fused-ring (bicyclic) bond motifs is 1. The molecule has 1 heterocycles. The molecule has 1 aromatic heterocycles. The summed E-state index contributed by atoms with van der Waals surface area (Å²) in [5.41, 5.74) is -0.748. The van der Waals surface area contributed by atoms with E-state index in [1.165, 1.54) is 24.3 Å². The second kappa shape index (κ2) is 5.76. The van der Waals surface area contributed by atoms with Crippen molar-refractivity contribution >= 4 is 28.1 Å². The molecular formula is C15H9F3N4O2. The fraction of sp³-hybridized carbons (Fsp3) is 0.0667. The molecule has 3 rings (SSSR count). The van der Waals surface area contributed by atoms with Crippen LogP contribution in [-0.4, -0.2) is 14.9 Å². The van der Waals surface area contributed by atoms with Crippen LogP contribution in [0.2, 0.25) is 0 Å². The first-order chi connectivity index (χ1) is 11.4. The third-order valence-electron chi connectivity index (χ3n) is 3.29. The Morgan fingerprint density at radius 2 is 1.83 bits per heavy atom. The molecule has 0 fully saturated rings. The summed E-state index contributed by atoms with van der Waals surface area (Å²) in [6, 6.07) is 8.90. The van der Waals surface area contributed by atoms with Crippen molar-refractivity contribution in [2.75, 3.05) is 5.32 Å². The number of non-ortho nitro benzene ring substituents is 1. The average molecular weight is 334 g/mol. The predicted octanol–water partition coefficient (Wildman–Crippen LogP) is 4.30. The second-order valence-corrected chi connectivity index (χ2v) is 4.86. The fourth-order valence-electron chi connectivity index (χ4n) is 2.23. The van der Waals surface area contributed by atoms with E-state index in [0.717, 1.165) is 18.5 Å². The maximum absolute atomic E-state index is 12.8. The summed E-state index contributed by atoms with van der Waals surface area (Å²) in [5.74, 6) is 0.183. The van der Waals surface area contributed by atoms with E-state index in [9.17, 15) is 23.3 Å². The molecule has 0 aliphatic rings. The van der Waals surface area contributed by atoms with Crippen LogP contribution in [0.1, 0.15) is 5.56 Å². The van der Waals surface area contributed by atoms with Crippen LogP contribution in [0.25, 0.3) is 10.9 Å². The van der Waals surface area contributed by atoms with E-state index in [0.29, 0.717) is 5.39 Å². The highest BCUT2D eigenvalue weighted by molar-refractivity contribution is 5.95. The Labute approximate surface area is 133 Å². The molecular weight excluding hydrogens is 325 g/mol. The van der Waals surface area contributed by atoms with Gasteiger partial charge in [0.05, 0.1) is 15.9 Å². The zero-order chi connectivity index (χ0) is 17.3. The van der Waals surface area contributed by atoms with E-state index in [4.69, 9.17) is 0 Å². The molecule has 3 aromatic rings. The van der Waals surface area contributed by atoms with E-state index < -0.39 is 16.7 Å². The Morgan fingerprint density at radius 3 is 2.54 bits per heavy atom. The van der Waals surface area contributed by atoms with Crippen LogP contribution in [0.4, 0.5) is 30.4 Å². The number of nitrogens with zero attached hydrogens (tertiary/aromatic N) is 3. The summed E-state index contributed by atoms with van der Waals surface area (Å²) in [5, 5.41) is 14.1. The zero-order valence-corrected chi connectivity index (χ0v) is 11.9. The van der Waals surface area contributed by atoms with Crippen molar-refractivity contribution in [2.45, 2.75) is 6.18 Å². The quantitative estimate of drug-likeness (QED) is 0.570. The van der Waals surface area contributed by atoms with Gasteiger partial charge in [0, 0.05) is 11.8 Å². The number of nitro groups is 1. The van der Waals surface area contributed by atoms with Gasteiger partial charge >= 0.3 is 6.18 Å². The lowest BCUT2D eigenvalue weighted by Crippen LogP contribution is -2.05. The summed E-state index contributed by atoms with van der Waals surface area (Å²) in [6.45, 7) is 0. The molecule has 0 amide bonds. The fourth-order valence-corrected chi connectivity index (χ4v) is 2.23. The van der Waals surface area contributed by atoms with Crippen molar-refractivity contribution < 1.29 is 18.1 Å². The lowest BCUT2D eigenvalue weighted by atomic mass is 10.1. The van der Waals surface area contributed by atoms with E-state index >= 15 is 0 Å². The number of hydrogen-bond acceptors (Lipinski definition) is 5. The monoisotopic (exact) mass is 334 g/mol. The Bertz CT molecular complexity index is 928. The van der Waals surface area contributed by atoms with Gasteiger partial charge in [0.25, 0.3) is 5.69 Å². The third kappa shape index (κ3) is 2.96. The number of benzene rings is 2. The van der Waals surface area contributed by atoms with Gasteiger partial charge in [-0.2, -0.15) is 13.2 Å². The first kappa shape index (κ1) is 15.7. The van der Waals surface area contributed by atoms with Crippen LogP contribution in [0, 0.1) is 10.1 Å². The molecule has 0 saturated heterocycles. The topological polar surface area (TPSA) is 81.0 Å². The van der Waals surface area contributed by atoms with Gasteiger partial charge < -0.3 is 5.32 Å². The van der Waals surface area contributed by atoms with Gasteiger partial charge in [0.15, 0.2) is 5.52 Å². The number of nitro benzene ring substituents is 1. The highest BCUT2D eigenvalue weighted by Crippen LogP contribution is 2.33. The minimum atomic E-state index is -4.47. The number of nitrogens with one attached hydrogen (secondary N) is 1. The molecule has 2 aromatic carbocycles. The van der Waals surface area contributed by atoms with Crippen LogP contribution >= 0.6 is 0 Å². The van der Waals surface area contributed by atoms with Gasteiger partial charge in [-0.15, -0.1) is 0 Å². The van der Waals surface area contributed by atoms with E-state index in [2.05, 4.69) is 15.3 Å². The van der Waals surface area contributed by atoms with Gasteiger partial charge in [-0.05, 0) is 24.3 Å². The Morgan fingerprint density at radius 1 is 1.08 bits per heavy atom. The number of aromatic nitrogens is 2. The van der Waals surface area contributed by atoms with Crippen LogP contribution in [0.5, 0.6) is 0 Å². The first-order valence-corrected chi connectivity index (χ1v) is 6.68. The van der Waals surface area contributed by atoms with E-state index in [1.807, 2.05) is 0 Å². The molecule has 6 nitrogen and oxygen atoms in total. The molecule has 0 unspecified atom stereocenters. The first-order valence-electron chi connectivity index (χ1n) is 6.68. The summed E-state index contributed by atoms with van der Waals surface area (Å²) in [6.07, 6.45) is -3.35. The lowest BCUT2D eigenvalue weighted by molar-refractivity contribution is -0.383. The molecule has 9 heteroatoms. The minimum Gasteiger partial charge on any atom is -0.340 e. The molecule has 122 valence electrons.